The van der Waals surface area contributed by atoms with Crippen molar-refractivity contribution in [1.29, 1.82) is 0 Å². The minimum absolute atomic E-state index is 0.129. The van der Waals surface area contributed by atoms with Gasteiger partial charge in [-0.1, -0.05) is 19.1 Å². The smallest absolute Gasteiger partial charge is 0.222 e. The van der Waals surface area contributed by atoms with Gasteiger partial charge in [0.1, 0.15) is 5.75 Å². The van der Waals surface area contributed by atoms with Gasteiger partial charge in [-0.05, 0) is 31.0 Å². The lowest BCUT2D eigenvalue weighted by Crippen LogP contribution is -2.21. The summed E-state index contributed by atoms with van der Waals surface area (Å²) < 4.78 is 5.95. The number of pyridine rings is 1. The standard InChI is InChI=1S/C17H23N3O/c1-4-14(18)11-13-7-6-10-19-17(13)21-16-9-5-8-15(12-16)20(2)3/h5-10,12,14H,4,11,18H2,1-3H3. The summed E-state index contributed by atoms with van der Waals surface area (Å²) in [5.41, 5.74) is 8.18. The summed E-state index contributed by atoms with van der Waals surface area (Å²) in [5, 5.41) is 0. The fraction of sp³-hybridized carbons (Fsp3) is 0.353. The minimum atomic E-state index is 0.129. The van der Waals surface area contributed by atoms with Gasteiger partial charge in [-0.15, -0.1) is 0 Å². The Morgan fingerprint density at radius 3 is 2.76 bits per heavy atom. The minimum Gasteiger partial charge on any atom is -0.439 e. The van der Waals surface area contributed by atoms with Crippen molar-refractivity contribution < 1.29 is 4.74 Å². The number of hydrogen-bond donors (Lipinski definition) is 1. The van der Waals surface area contributed by atoms with Crippen molar-refractivity contribution in [2.75, 3.05) is 19.0 Å². The van der Waals surface area contributed by atoms with Crippen molar-refractivity contribution in [3.05, 3.63) is 48.2 Å². The molecule has 1 unspecified atom stereocenters. The summed E-state index contributed by atoms with van der Waals surface area (Å²) in [4.78, 5) is 6.39. The average Bonchev–Trinajstić information content (AvgIpc) is 2.49. The Labute approximate surface area is 126 Å². The lowest BCUT2D eigenvalue weighted by atomic mass is 10.1. The maximum absolute atomic E-state index is 6.04. The number of hydrogen-bond acceptors (Lipinski definition) is 4. The highest BCUT2D eigenvalue weighted by Gasteiger charge is 2.10. The normalized spacial score (nSPS) is 12.0. The maximum atomic E-state index is 6.04. The lowest BCUT2D eigenvalue weighted by Gasteiger charge is -2.15. The van der Waals surface area contributed by atoms with Gasteiger partial charge in [0.25, 0.3) is 0 Å². The van der Waals surface area contributed by atoms with Gasteiger partial charge in [-0.3, -0.25) is 0 Å². The Hall–Kier alpha value is -2.07. The highest BCUT2D eigenvalue weighted by molar-refractivity contribution is 5.50. The highest BCUT2D eigenvalue weighted by Crippen LogP contribution is 2.26. The molecule has 1 aromatic carbocycles. The van der Waals surface area contributed by atoms with E-state index in [1.54, 1.807) is 6.20 Å². The Morgan fingerprint density at radius 1 is 1.24 bits per heavy atom. The molecule has 0 saturated heterocycles. The van der Waals surface area contributed by atoms with Gasteiger partial charge in [0.05, 0.1) is 0 Å². The zero-order valence-corrected chi connectivity index (χ0v) is 12.9. The third kappa shape index (κ3) is 4.20. The fourth-order valence-electron chi connectivity index (χ4n) is 2.03. The SMILES string of the molecule is CCC(N)Cc1cccnc1Oc1cccc(N(C)C)c1. The van der Waals surface area contributed by atoms with E-state index in [4.69, 9.17) is 10.5 Å². The molecular formula is C17H23N3O. The van der Waals surface area contributed by atoms with E-state index in [0.29, 0.717) is 5.88 Å². The zero-order chi connectivity index (χ0) is 15.2. The molecule has 0 aliphatic heterocycles. The Balaban J connectivity index is 2.21. The second kappa shape index (κ2) is 7.09. The van der Waals surface area contributed by atoms with Gasteiger partial charge >= 0.3 is 0 Å². The van der Waals surface area contributed by atoms with E-state index in [1.807, 2.05) is 55.4 Å². The van der Waals surface area contributed by atoms with Crippen molar-refractivity contribution in [3.63, 3.8) is 0 Å². The molecule has 2 N–H and O–H groups in total. The first-order valence-electron chi connectivity index (χ1n) is 7.25. The van der Waals surface area contributed by atoms with Crippen LogP contribution in [0.3, 0.4) is 0 Å². The van der Waals surface area contributed by atoms with E-state index in [2.05, 4.69) is 11.9 Å². The summed E-state index contributed by atoms with van der Waals surface area (Å²) in [6.45, 7) is 2.09. The van der Waals surface area contributed by atoms with Crippen molar-refractivity contribution in [2.24, 2.45) is 5.73 Å². The second-order valence-corrected chi connectivity index (χ2v) is 5.33. The van der Waals surface area contributed by atoms with Crippen LogP contribution in [0.25, 0.3) is 0 Å². The molecule has 0 saturated carbocycles. The molecule has 1 heterocycles. The van der Waals surface area contributed by atoms with Crippen LogP contribution in [0.4, 0.5) is 5.69 Å². The summed E-state index contributed by atoms with van der Waals surface area (Å²) in [7, 11) is 4.01. The largest absolute Gasteiger partial charge is 0.439 e. The molecule has 0 radical (unpaired) electrons. The topological polar surface area (TPSA) is 51.4 Å². The number of aromatic nitrogens is 1. The van der Waals surface area contributed by atoms with E-state index in [9.17, 15) is 0 Å². The van der Waals surface area contributed by atoms with Crippen LogP contribution in [0.15, 0.2) is 42.6 Å². The van der Waals surface area contributed by atoms with Gasteiger partial charge in [0.15, 0.2) is 0 Å². The number of nitrogens with zero attached hydrogens (tertiary/aromatic N) is 2. The average molecular weight is 285 g/mol. The summed E-state index contributed by atoms with van der Waals surface area (Å²) >= 11 is 0. The van der Waals surface area contributed by atoms with Crippen molar-refractivity contribution in [3.8, 4) is 11.6 Å². The van der Waals surface area contributed by atoms with Gasteiger partial charge in [0, 0.05) is 43.7 Å². The summed E-state index contributed by atoms with van der Waals surface area (Å²) in [6, 6.07) is 12.0. The number of benzene rings is 1. The molecule has 2 rings (SSSR count). The van der Waals surface area contributed by atoms with Gasteiger partial charge in [0.2, 0.25) is 5.88 Å². The van der Waals surface area contributed by atoms with Crippen LogP contribution in [0.5, 0.6) is 11.6 Å². The zero-order valence-electron chi connectivity index (χ0n) is 12.9. The molecule has 0 aliphatic rings. The fourth-order valence-corrected chi connectivity index (χ4v) is 2.03. The molecule has 0 spiro atoms. The van der Waals surface area contributed by atoms with Crippen LogP contribution in [0.2, 0.25) is 0 Å². The van der Waals surface area contributed by atoms with E-state index < -0.39 is 0 Å². The molecule has 1 aromatic heterocycles. The van der Waals surface area contributed by atoms with E-state index in [1.165, 1.54) is 0 Å². The Bertz CT molecular complexity index is 584. The maximum Gasteiger partial charge on any atom is 0.222 e. The van der Waals surface area contributed by atoms with Crippen LogP contribution in [0.1, 0.15) is 18.9 Å². The van der Waals surface area contributed by atoms with E-state index in [0.717, 1.165) is 29.8 Å². The first-order valence-corrected chi connectivity index (χ1v) is 7.25. The summed E-state index contributed by atoms with van der Waals surface area (Å²) in [6.07, 6.45) is 3.45. The van der Waals surface area contributed by atoms with Crippen LogP contribution in [-0.2, 0) is 6.42 Å². The van der Waals surface area contributed by atoms with E-state index in [-0.39, 0.29) is 6.04 Å². The van der Waals surface area contributed by atoms with Crippen molar-refractivity contribution >= 4 is 5.69 Å². The predicted molar refractivity (Wildman–Crippen MR) is 87.1 cm³/mol. The number of nitrogens with two attached hydrogens (primary N) is 1. The second-order valence-electron chi connectivity index (χ2n) is 5.33. The van der Waals surface area contributed by atoms with Gasteiger partial charge in [-0.2, -0.15) is 0 Å². The van der Waals surface area contributed by atoms with Crippen LogP contribution in [0, 0.1) is 0 Å². The third-order valence-corrected chi connectivity index (χ3v) is 3.40. The van der Waals surface area contributed by atoms with Crippen molar-refractivity contribution in [1.82, 2.24) is 4.98 Å². The molecule has 0 aliphatic carbocycles. The molecule has 21 heavy (non-hydrogen) atoms. The Kier molecular flexibility index (Phi) is 5.17. The number of anilines is 1. The first-order chi connectivity index (χ1) is 10.1. The quantitative estimate of drug-likeness (QED) is 0.885. The van der Waals surface area contributed by atoms with Crippen molar-refractivity contribution in [2.45, 2.75) is 25.8 Å². The monoisotopic (exact) mass is 285 g/mol. The molecule has 0 fully saturated rings. The first kappa shape index (κ1) is 15.3. The van der Waals surface area contributed by atoms with Gasteiger partial charge < -0.3 is 15.4 Å². The molecule has 4 heteroatoms. The summed E-state index contributed by atoms with van der Waals surface area (Å²) in [5.74, 6) is 1.42. The highest BCUT2D eigenvalue weighted by atomic mass is 16.5. The number of ether oxygens (including phenoxy) is 1. The lowest BCUT2D eigenvalue weighted by molar-refractivity contribution is 0.452. The molecule has 2 aromatic rings. The third-order valence-electron chi connectivity index (χ3n) is 3.40. The van der Waals surface area contributed by atoms with Gasteiger partial charge in [-0.25, -0.2) is 4.98 Å². The predicted octanol–water partition coefficient (Wildman–Crippen LogP) is 3.22. The molecule has 4 nitrogen and oxygen atoms in total. The van der Waals surface area contributed by atoms with Crippen LogP contribution in [-0.4, -0.2) is 25.1 Å². The van der Waals surface area contributed by atoms with Crippen LogP contribution < -0.4 is 15.4 Å². The molecule has 112 valence electrons. The number of rotatable bonds is 6. The molecule has 1 atom stereocenters. The molecule has 0 bridgehead atoms. The van der Waals surface area contributed by atoms with E-state index >= 15 is 0 Å². The Morgan fingerprint density at radius 2 is 2.05 bits per heavy atom. The molecular weight excluding hydrogens is 262 g/mol. The molecule has 0 amide bonds. The van der Waals surface area contributed by atoms with Crippen LogP contribution >= 0.6 is 0 Å².